The number of amides is 1. The summed E-state index contributed by atoms with van der Waals surface area (Å²) in [4.78, 5) is 60.9. The van der Waals surface area contributed by atoms with E-state index in [0.717, 1.165) is 12.0 Å². The highest BCUT2D eigenvalue weighted by atomic mass is 16.5. The number of aliphatic hydroxyl groups excluding tert-OH is 2. The molecule has 0 bridgehead atoms. The van der Waals surface area contributed by atoms with Crippen molar-refractivity contribution in [2.45, 2.75) is 90.4 Å². The Morgan fingerprint density at radius 3 is 2.52 bits per heavy atom. The smallest absolute Gasteiger partial charge is 0.333 e. The summed E-state index contributed by atoms with van der Waals surface area (Å²) in [5.41, 5.74) is -3.28. The van der Waals surface area contributed by atoms with Crippen molar-refractivity contribution >= 4 is 29.4 Å². The van der Waals surface area contributed by atoms with Crippen LogP contribution in [-0.4, -0.2) is 80.8 Å². The zero-order chi connectivity index (χ0) is 31.3. The van der Waals surface area contributed by atoms with Gasteiger partial charge in [-0.05, 0) is 56.1 Å². The number of rotatable bonds is 10. The molecule has 4 rings (SSSR count). The molecular formula is C31H43NO10. The highest BCUT2D eigenvalue weighted by Gasteiger charge is 2.68. The maximum absolute atomic E-state index is 13.4. The van der Waals surface area contributed by atoms with Crippen molar-refractivity contribution in [3.8, 4) is 0 Å². The minimum atomic E-state index is -1.78. The number of ether oxygens (including phenoxy) is 1. The lowest BCUT2D eigenvalue weighted by molar-refractivity contribution is -0.181. The number of carboxylic acids is 1. The minimum Gasteiger partial charge on any atom is -0.479 e. The molecule has 0 aromatic rings. The van der Waals surface area contributed by atoms with Crippen molar-refractivity contribution < 1.29 is 49.1 Å². The lowest BCUT2D eigenvalue weighted by atomic mass is 9.46. The first-order valence-electron chi connectivity index (χ1n) is 14.7. The summed E-state index contributed by atoms with van der Waals surface area (Å²) in [6.45, 7) is 6.07. The summed E-state index contributed by atoms with van der Waals surface area (Å²) in [7, 11) is 0. The first-order chi connectivity index (χ1) is 19.5. The van der Waals surface area contributed by atoms with Crippen LogP contribution in [0.1, 0.15) is 72.6 Å². The summed E-state index contributed by atoms with van der Waals surface area (Å²) in [6, 6.07) is 0. The SMILES string of the molecule is CC(C)(CNC(=O)CCC(=O)OCC(=O)[C@]1(O)CC[C@H]2[C@@H]3CCC4=CC(=O)C=C[C@]4(C)[C@H]3[C@H](O)C[C@@]21C)[C@H](O)C(=O)O. The predicted molar refractivity (Wildman–Crippen MR) is 149 cm³/mol. The van der Waals surface area contributed by atoms with E-state index < -0.39 is 64.3 Å². The van der Waals surface area contributed by atoms with Crippen molar-refractivity contribution in [2.75, 3.05) is 13.2 Å². The lowest BCUT2D eigenvalue weighted by Crippen LogP contribution is -2.61. The van der Waals surface area contributed by atoms with Crippen LogP contribution < -0.4 is 5.32 Å². The molecule has 0 aliphatic heterocycles. The number of fused-ring (bicyclic) bond motifs is 5. The third-order valence-corrected chi connectivity index (χ3v) is 10.7. The number of allylic oxidation sites excluding steroid dienone is 4. The summed E-state index contributed by atoms with van der Waals surface area (Å²) < 4.78 is 5.14. The molecule has 0 radical (unpaired) electrons. The molecule has 0 aromatic carbocycles. The number of aliphatic hydroxyl groups is 3. The van der Waals surface area contributed by atoms with Crippen molar-refractivity contribution in [2.24, 2.45) is 34.0 Å². The van der Waals surface area contributed by atoms with Crippen LogP contribution in [0.3, 0.4) is 0 Å². The standard InChI is InChI=1S/C31H43NO10/c1-28(2,26(38)27(39)40)16-32-23(36)7-8-24(37)42-15-22(35)31(41)12-10-20-19-6-5-17-13-18(33)9-11-29(17,3)25(19)21(34)14-30(20,31)4/h9,11,13,19-21,25-26,34,38,41H,5-8,10,12,14-16H2,1-4H3,(H,32,36)(H,39,40)/t19-,20-,21+,25+,26+,29-,30-,31+/m0/s1. The van der Waals surface area contributed by atoms with E-state index in [1.807, 2.05) is 13.0 Å². The molecule has 4 aliphatic rings. The van der Waals surface area contributed by atoms with Gasteiger partial charge in [0.2, 0.25) is 11.7 Å². The minimum absolute atomic E-state index is 0.0347. The fourth-order valence-electron chi connectivity index (χ4n) is 8.19. The molecule has 0 heterocycles. The summed E-state index contributed by atoms with van der Waals surface area (Å²) >= 11 is 0. The van der Waals surface area contributed by atoms with Gasteiger partial charge in [0.25, 0.3) is 0 Å². The van der Waals surface area contributed by atoms with E-state index in [2.05, 4.69) is 12.2 Å². The Bertz CT molecular complexity index is 1220. The molecule has 11 heteroatoms. The van der Waals surface area contributed by atoms with Gasteiger partial charge in [0, 0.05) is 35.1 Å². The van der Waals surface area contributed by atoms with Gasteiger partial charge in [-0.25, -0.2) is 4.79 Å². The molecule has 5 N–H and O–H groups in total. The van der Waals surface area contributed by atoms with Crippen molar-refractivity contribution in [1.82, 2.24) is 5.32 Å². The van der Waals surface area contributed by atoms with Crippen molar-refractivity contribution in [1.29, 1.82) is 0 Å². The average molecular weight is 590 g/mol. The molecule has 3 saturated carbocycles. The molecule has 3 fully saturated rings. The van der Waals surface area contributed by atoms with Crippen molar-refractivity contribution in [3.63, 3.8) is 0 Å². The summed E-state index contributed by atoms with van der Waals surface area (Å²) in [5.74, 6) is -3.57. The van der Waals surface area contributed by atoms with E-state index in [0.29, 0.717) is 12.8 Å². The molecule has 0 saturated heterocycles. The van der Waals surface area contributed by atoms with Crippen LogP contribution in [0.2, 0.25) is 0 Å². The Morgan fingerprint density at radius 2 is 1.86 bits per heavy atom. The van der Waals surface area contributed by atoms with Crippen LogP contribution in [-0.2, 0) is 28.7 Å². The van der Waals surface area contributed by atoms with E-state index in [4.69, 9.17) is 9.84 Å². The normalized spacial score (nSPS) is 36.2. The molecule has 1 amide bonds. The second kappa shape index (κ2) is 11.3. The van der Waals surface area contributed by atoms with Gasteiger partial charge in [0.15, 0.2) is 18.5 Å². The molecule has 0 spiro atoms. The van der Waals surface area contributed by atoms with Crippen LogP contribution in [0.25, 0.3) is 0 Å². The van der Waals surface area contributed by atoms with Gasteiger partial charge in [-0.3, -0.25) is 19.2 Å². The number of aliphatic carboxylic acids is 1. The fraction of sp³-hybridized carbons (Fsp3) is 0.710. The maximum atomic E-state index is 13.4. The maximum Gasteiger partial charge on any atom is 0.333 e. The Hall–Kier alpha value is -2.89. The number of carbonyl (C=O) groups excluding carboxylic acids is 4. The topological polar surface area (TPSA) is 188 Å². The lowest BCUT2D eigenvalue weighted by Gasteiger charge is -2.59. The van der Waals surface area contributed by atoms with Crippen LogP contribution in [0.4, 0.5) is 0 Å². The third kappa shape index (κ3) is 5.46. The van der Waals surface area contributed by atoms with Gasteiger partial charge >= 0.3 is 11.9 Å². The molecule has 232 valence electrons. The Morgan fingerprint density at radius 1 is 1.17 bits per heavy atom. The highest BCUT2D eigenvalue weighted by molar-refractivity contribution is 6.01. The zero-order valence-electron chi connectivity index (χ0n) is 24.7. The van der Waals surface area contributed by atoms with Gasteiger partial charge < -0.3 is 30.5 Å². The molecule has 42 heavy (non-hydrogen) atoms. The number of nitrogens with one attached hydrogen (secondary N) is 1. The van der Waals surface area contributed by atoms with Crippen LogP contribution in [0.5, 0.6) is 0 Å². The number of hydrogen-bond acceptors (Lipinski definition) is 9. The first kappa shape index (κ1) is 32.0. The molecule has 0 unspecified atom stereocenters. The van der Waals surface area contributed by atoms with Crippen molar-refractivity contribution in [3.05, 3.63) is 23.8 Å². The predicted octanol–water partition coefficient (Wildman–Crippen LogP) is 1.48. The molecule has 8 atom stereocenters. The quantitative estimate of drug-likeness (QED) is 0.234. The number of carbonyl (C=O) groups is 5. The molecular weight excluding hydrogens is 546 g/mol. The third-order valence-electron chi connectivity index (χ3n) is 10.7. The summed E-state index contributed by atoms with van der Waals surface area (Å²) in [5, 5.41) is 44.4. The van der Waals surface area contributed by atoms with E-state index in [1.54, 1.807) is 12.2 Å². The average Bonchev–Trinajstić information content (AvgIpc) is 3.19. The molecule has 4 aliphatic carbocycles. The van der Waals surface area contributed by atoms with Gasteiger partial charge in [-0.1, -0.05) is 39.3 Å². The zero-order valence-corrected chi connectivity index (χ0v) is 24.7. The van der Waals surface area contributed by atoms with E-state index in [-0.39, 0.29) is 55.8 Å². The van der Waals surface area contributed by atoms with Crippen LogP contribution in [0.15, 0.2) is 23.8 Å². The molecule has 11 nitrogen and oxygen atoms in total. The number of hydrogen-bond donors (Lipinski definition) is 5. The van der Waals surface area contributed by atoms with Crippen LogP contribution in [0, 0.1) is 34.0 Å². The number of Topliss-reactive ketones (excluding diaryl/α,β-unsaturated/α-hetero) is 1. The highest BCUT2D eigenvalue weighted by Crippen LogP contribution is 2.67. The van der Waals surface area contributed by atoms with E-state index in [1.165, 1.54) is 13.8 Å². The fourth-order valence-corrected chi connectivity index (χ4v) is 8.19. The largest absolute Gasteiger partial charge is 0.479 e. The number of esters is 1. The van der Waals surface area contributed by atoms with Gasteiger partial charge in [0.1, 0.15) is 5.60 Å². The van der Waals surface area contributed by atoms with Gasteiger partial charge in [-0.2, -0.15) is 0 Å². The molecule has 0 aromatic heterocycles. The number of ketones is 2. The number of carboxylic acid groups (broad SMARTS) is 1. The first-order valence-corrected chi connectivity index (χ1v) is 14.7. The second-order valence-electron chi connectivity index (χ2n) is 13.7. The van der Waals surface area contributed by atoms with E-state index in [9.17, 15) is 39.3 Å². The Labute approximate surface area is 245 Å². The van der Waals surface area contributed by atoms with Crippen LogP contribution >= 0.6 is 0 Å². The van der Waals surface area contributed by atoms with Gasteiger partial charge in [-0.15, -0.1) is 0 Å². The summed E-state index contributed by atoms with van der Waals surface area (Å²) in [6.07, 6.45) is 4.50. The Balaban J connectivity index is 1.33. The van der Waals surface area contributed by atoms with E-state index >= 15 is 0 Å². The second-order valence-corrected chi connectivity index (χ2v) is 13.7. The van der Waals surface area contributed by atoms with Gasteiger partial charge in [0.05, 0.1) is 12.5 Å². The Kier molecular flexibility index (Phi) is 8.63. The monoisotopic (exact) mass is 589 g/mol.